The molecule has 0 aliphatic carbocycles. The zero-order valence-electron chi connectivity index (χ0n) is 13.0. The maximum atomic E-state index is 11.9. The Labute approximate surface area is 135 Å². The number of carbonyl (C=O) groups excluding carboxylic acids is 1. The van der Waals surface area contributed by atoms with E-state index in [-0.39, 0.29) is 5.91 Å². The van der Waals surface area contributed by atoms with Crippen LogP contribution in [-0.4, -0.2) is 37.1 Å². The van der Waals surface area contributed by atoms with Crippen LogP contribution in [0.4, 0.5) is 11.4 Å². The van der Waals surface area contributed by atoms with E-state index in [1.165, 1.54) is 5.69 Å². The molecule has 1 fully saturated rings. The lowest BCUT2D eigenvalue weighted by Crippen LogP contribution is -2.43. The number of anilines is 2. The largest absolute Gasteiger partial charge is 0.369 e. The van der Waals surface area contributed by atoms with Gasteiger partial charge in [0, 0.05) is 44.3 Å². The Hall–Kier alpha value is -2.60. The molecule has 120 valence electrons. The summed E-state index contributed by atoms with van der Waals surface area (Å²) < 4.78 is 0. The van der Waals surface area contributed by atoms with Gasteiger partial charge >= 0.3 is 0 Å². The quantitative estimate of drug-likeness (QED) is 0.724. The fourth-order valence-electron chi connectivity index (χ4n) is 2.55. The van der Waals surface area contributed by atoms with Crippen molar-refractivity contribution in [2.45, 2.75) is 6.42 Å². The Morgan fingerprint density at radius 3 is 2.65 bits per heavy atom. The molecule has 1 amide bonds. The van der Waals surface area contributed by atoms with E-state index in [4.69, 9.17) is 0 Å². The first-order chi connectivity index (χ1) is 11.3. The third-order valence-corrected chi connectivity index (χ3v) is 3.78. The maximum Gasteiger partial charge on any atom is 0.242 e. The van der Waals surface area contributed by atoms with Gasteiger partial charge in [-0.2, -0.15) is 0 Å². The number of pyridine rings is 1. The highest BCUT2D eigenvalue weighted by Crippen LogP contribution is 2.17. The minimum atomic E-state index is -0.0934. The average Bonchev–Trinajstić information content (AvgIpc) is 2.62. The summed E-state index contributed by atoms with van der Waals surface area (Å²) in [5.74, 6) is -0.0934. The van der Waals surface area contributed by atoms with Crippen molar-refractivity contribution in [2.75, 3.05) is 36.5 Å². The second kappa shape index (κ2) is 7.60. The van der Waals surface area contributed by atoms with E-state index in [0.717, 1.165) is 37.4 Å². The molecule has 2 aromatic rings. The molecule has 0 radical (unpaired) electrons. The van der Waals surface area contributed by atoms with Gasteiger partial charge in [0.05, 0.1) is 12.1 Å². The van der Waals surface area contributed by atoms with E-state index in [0.29, 0.717) is 6.42 Å². The molecule has 0 atom stereocenters. The van der Waals surface area contributed by atoms with Crippen molar-refractivity contribution in [3.63, 3.8) is 0 Å². The summed E-state index contributed by atoms with van der Waals surface area (Å²) in [6.45, 7) is 4.08. The Morgan fingerprint density at radius 1 is 1.17 bits per heavy atom. The van der Waals surface area contributed by atoms with Gasteiger partial charge in [-0.3, -0.25) is 20.6 Å². The van der Waals surface area contributed by atoms with Gasteiger partial charge in [0.15, 0.2) is 0 Å². The number of nitrogens with zero attached hydrogens (tertiary/aromatic N) is 2. The van der Waals surface area contributed by atoms with Crippen molar-refractivity contribution in [3.8, 4) is 0 Å². The molecule has 1 aliphatic rings. The van der Waals surface area contributed by atoms with Gasteiger partial charge in [-0.25, -0.2) is 0 Å². The van der Waals surface area contributed by atoms with E-state index in [1.807, 2.05) is 24.3 Å². The number of nitrogens with one attached hydrogen (secondary N) is 3. The molecule has 6 nitrogen and oxygen atoms in total. The number of carbonyl (C=O) groups is 1. The van der Waals surface area contributed by atoms with Crippen molar-refractivity contribution in [1.82, 2.24) is 15.7 Å². The molecule has 1 aromatic heterocycles. The molecule has 0 spiro atoms. The second-order valence-corrected chi connectivity index (χ2v) is 5.50. The van der Waals surface area contributed by atoms with Crippen LogP contribution in [0.15, 0.2) is 48.8 Å². The molecular weight excluding hydrogens is 290 g/mol. The monoisotopic (exact) mass is 311 g/mol. The van der Waals surface area contributed by atoms with Gasteiger partial charge in [0.2, 0.25) is 5.91 Å². The Kier molecular flexibility index (Phi) is 5.06. The standard InChI is InChI=1S/C17H21N5O/c23-17(12-14-2-1-7-19-13-14)21-20-15-3-5-16(6-4-15)22-10-8-18-9-11-22/h1-7,13,18,20H,8-12H2,(H,21,23). The highest BCUT2D eigenvalue weighted by molar-refractivity contribution is 5.79. The van der Waals surface area contributed by atoms with Crippen LogP contribution in [-0.2, 0) is 11.2 Å². The fraction of sp³-hybridized carbons (Fsp3) is 0.294. The van der Waals surface area contributed by atoms with Gasteiger partial charge in [-0.15, -0.1) is 0 Å². The van der Waals surface area contributed by atoms with Crippen molar-refractivity contribution in [2.24, 2.45) is 0 Å². The zero-order valence-corrected chi connectivity index (χ0v) is 13.0. The van der Waals surface area contributed by atoms with Gasteiger partial charge in [-0.05, 0) is 35.9 Å². The number of hydrazine groups is 1. The van der Waals surface area contributed by atoms with E-state index in [1.54, 1.807) is 12.4 Å². The van der Waals surface area contributed by atoms with Crippen LogP contribution in [0.3, 0.4) is 0 Å². The van der Waals surface area contributed by atoms with Crippen molar-refractivity contribution in [1.29, 1.82) is 0 Å². The van der Waals surface area contributed by atoms with Gasteiger partial charge in [-0.1, -0.05) is 6.07 Å². The number of piperazine rings is 1. The van der Waals surface area contributed by atoms with E-state index < -0.39 is 0 Å². The zero-order chi connectivity index (χ0) is 15.9. The first-order valence-corrected chi connectivity index (χ1v) is 7.81. The van der Waals surface area contributed by atoms with Crippen LogP contribution in [0, 0.1) is 0 Å². The minimum Gasteiger partial charge on any atom is -0.369 e. The molecular formula is C17H21N5O. The normalized spacial score (nSPS) is 14.3. The summed E-state index contributed by atoms with van der Waals surface area (Å²) in [5.41, 5.74) is 8.61. The molecule has 1 aromatic carbocycles. The molecule has 6 heteroatoms. The lowest BCUT2D eigenvalue weighted by Gasteiger charge is -2.29. The predicted molar refractivity (Wildman–Crippen MR) is 91.2 cm³/mol. The number of amides is 1. The maximum absolute atomic E-state index is 11.9. The Bertz CT molecular complexity index is 623. The Balaban J connectivity index is 1.49. The lowest BCUT2D eigenvalue weighted by atomic mass is 10.2. The summed E-state index contributed by atoms with van der Waals surface area (Å²) in [4.78, 5) is 18.2. The molecule has 0 unspecified atom stereocenters. The number of aromatic nitrogens is 1. The molecule has 1 aliphatic heterocycles. The topological polar surface area (TPSA) is 69.3 Å². The average molecular weight is 311 g/mol. The van der Waals surface area contributed by atoms with Crippen molar-refractivity contribution >= 4 is 17.3 Å². The summed E-state index contributed by atoms with van der Waals surface area (Å²) in [7, 11) is 0. The van der Waals surface area contributed by atoms with Crippen molar-refractivity contribution in [3.05, 3.63) is 54.4 Å². The van der Waals surface area contributed by atoms with Crippen LogP contribution in [0.2, 0.25) is 0 Å². The fourth-order valence-corrected chi connectivity index (χ4v) is 2.55. The molecule has 23 heavy (non-hydrogen) atoms. The van der Waals surface area contributed by atoms with E-state index >= 15 is 0 Å². The van der Waals surface area contributed by atoms with Crippen LogP contribution >= 0.6 is 0 Å². The van der Waals surface area contributed by atoms with Crippen LogP contribution in [0.5, 0.6) is 0 Å². The van der Waals surface area contributed by atoms with Gasteiger partial charge in [0.1, 0.15) is 0 Å². The summed E-state index contributed by atoms with van der Waals surface area (Å²) in [5, 5.41) is 3.34. The number of hydrogen-bond acceptors (Lipinski definition) is 5. The van der Waals surface area contributed by atoms with Crippen molar-refractivity contribution < 1.29 is 4.79 Å². The third-order valence-electron chi connectivity index (χ3n) is 3.78. The lowest BCUT2D eigenvalue weighted by molar-refractivity contribution is -0.119. The number of benzene rings is 1. The molecule has 1 saturated heterocycles. The van der Waals surface area contributed by atoms with Gasteiger partial charge < -0.3 is 10.2 Å². The first kappa shape index (κ1) is 15.3. The third kappa shape index (κ3) is 4.43. The van der Waals surface area contributed by atoms with E-state index in [9.17, 15) is 4.79 Å². The Morgan fingerprint density at radius 2 is 1.96 bits per heavy atom. The molecule has 0 saturated carbocycles. The van der Waals surface area contributed by atoms with Crippen LogP contribution < -0.4 is 21.1 Å². The summed E-state index contributed by atoms with van der Waals surface area (Å²) >= 11 is 0. The van der Waals surface area contributed by atoms with E-state index in [2.05, 4.69) is 38.2 Å². The summed E-state index contributed by atoms with van der Waals surface area (Å²) in [6.07, 6.45) is 3.70. The number of rotatable bonds is 5. The van der Waals surface area contributed by atoms with Gasteiger partial charge in [0.25, 0.3) is 0 Å². The number of hydrogen-bond donors (Lipinski definition) is 3. The second-order valence-electron chi connectivity index (χ2n) is 5.50. The summed E-state index contributed by atoms with van der Waals surface area (Å²) in [6, 6.07) is 11.8. The molecule has 0 bridgehead atoms. The van der Waals surface area contributed by atoms with Crippen LogP contribution in [0.1, 0.15) is 5.56 Å². The highest BCUT2D eigenvalue weighted by atomic mass is 16.2. The van der Waals surface area contributed by atoms with Crippen LogP contribution in [0.25, 0.3) is 0 Å². The predicted octanol–water partition coefficient (Wildman–Crippen LogP) is 1.18. The first-order valence-electron chi connectivity index (χ1n) is 7.81. The molecule has 3 rings (SSSR count). The SMILES string of the molecule is O=C(Cc1cccnc1)NNc1ccc(N2CCNCC2)cc1. The smallest absolute Gasteiger partial charge is 0.242 e. The molecule has 2 heterocycles. The molecule has 3 N–H and O–H groups in total. The highest BCUT2D eigenvalue weighted by Gasteiger charge is 2.10. The minimum absolute atomic E-state index is 0.0934.